The molecule has 0 bridgehead atoms. The minimum atomic E-state index is -0.593. The van der Waals surface area contributed by atoms with Crippen molar-refractivity contribution in [2.24, 2.45) is 0 Å². The Labute approximate surface area is 161 Å². The Morgan fingerprint density at radius 3 is 2.65 bits per heavy atom. The third-order valence-corrected chi connectivity index (χ3v) is 3.90. The molecule has 134 valence electrons. The third-order valence-electron chi connectivity index (χ3n) is 3.34. The number of carbonyl (C=O) groups is 1. The summed E-state index contributed by atoms with van der Waals surface area (Å²) in [6.45, 7) is 2.37. The number of halogens is 2. The number of hydrogen-bond donors (Lipinski definition) is 1. The fraction of sp³-hybridized carbons (Fsp3) is 0.158. The maximum absolute atomic E-state index is 12.4. The molecular formula is C19H16Cl2N2O3. The number of benzene rings is 2. The van der Waals surface area contributed by atoms with Crippen LogP contribution in [0.3, 0.4) is 0 Å². The number of methoxy groups -OCH3 is 1. The van der Waals surface area contributed by atoms with Gasteiger partial charge in [0, 0.05) is 5.02 Å². The smallest absolute Gasteiger partial charge is 0.266 e. The second-order valence-electron chi connectivity index (χ2n) is 5.09. The third kappa shape index (κ3) is 4.92. The van der Waals surface area contributed by atoms with Crippen LogP contribution in [0.1, 0.15) is 12.5 Å². The highest BCUT2D eigenvalue weighted by Gasteiger charge is 2.13. The van der Waals surface area contributed by atoms with Crippen LogP contribution in [0.15, 0.2) is 42.0 Å². The lowest BCUT2D eigenvalue weighted by Gasteiger charge is -2.10. The minimum absolute atomic E-state index is 0.0905. The fourth-order valence-corrected chi connectivity index (χ4v) is 2.48. The maximum atomic E-state index is 12.4. The number of carbonyl (C=O) groups excluding carboxylic acids is 1. The molecule has 2 aromatic carbocycles. The van der Waals surface area contributed by atoms with Crippen LogP contribution in [-0.2, 0) is 4.79 Å². The van der Waals surface area contributed by atoms with Gasteiger partial charge < -0.3 is 14.8 Å². The molecule has 2 rings (SSSR count). The molecule has 0 aliphatic rings. The topological polar surface area (TPSA) is 71.3 Å². The largest absolute Gasteiger partial charge is 0.493 e. The molecule has 0 atom stereocenters. The van der Waals surface area contributed by atoms with Gasteiger partial charge in [0.2, 0.25) is 0 Å². The van der Waals surface area contributed by atoms with Crippen LogP contribution < -0.4 is 14.8 Å². The lowest BCUT2D eigenvalue weighted by atomic mass is 10.1. The van der Waals surface area contributed by atoms with Gasteiger partial charge in [-0.15, -0.1) is 0 Å². The van der Waals surface area contributed by atoms with Crippen LogP contribution in [0.4, 0.5) is 5.69 Å². The van der Waals surface area contributed by atoms with Crippen LogP contribution in [0.5, 0.6) is 11.5 Å². The van der Waals surface area contributed by atoms with Gasteiger partial charge in [0.25, 0.3) is 5.91 Å². The number of anilines is 1. The molecule has 0 radical (unpaired) electrons. The molecule has 7 heteroatoms. The summed E-state index contributed by atoms with van der Waals surface area (Å²) in [4.78, 5) is 12.4. The molecule has 0 aliphatic carbocycles. The Morgan fingerprint density at radius 2 is 2.00 bits per heavy atom. The summed E-state index contributed by atoms with van der Waals surface area (Å²) in [5.41, 5.74) is 0.857. The van der Waals surface area contributed by atoms with Crippen molar-refractivity contribution in [2.45, 2.75) is 6.92 Å². The van der Waals surface area contributed by atoms with Gasteiger partial charge in [0.1, 0.15) is 11.6 Å². The first-order valence-corrected chi connectivity index (χ1v) is 8.43. The van der Waals surface area contributed by atoms with Crippen LogP contribution >= 0.6 is 23.2 Å². The summed E-state index contributed by atoms with van der Waals surface area (Å²) in [6.07, 6.45) is 1.45. The number of nitrogens with one attached hydrogen (secondary N) is 1. The Hall–Kier alpha value is -2.68. The summed E-state index contributed by atoms with van der Waals surface area (Å²) >= 11 is 11.9. The summed E-state index contributed by atoms with van der Waals surface area (Å²) in [5.74, 6) is 0.501. The van der Waals surface area contributed by atoms with Gasteiger partial charge in [-0.05, 0) is 48.9 Å². The molecule has 0 aliphatic heterocycles. The number of rotatable bonds is 6. The van der Waals surface area contributed by atoms with Crippen molar-refractivity contribution >= 4 is 40.9 Å². The van der Waals surface area contributed by atoms with Crippen LogP contribution in [-0.4, -0.2) is 19.6 Å². The van der Waals surface area contributed by atoms with E-state index in [1.807, 2.05) is 13.0 Å². The first-order chi connectivity index (χ1) is 12.5. The summed E-state index contributed by atoms with van der Waals surface area (Å²) in [7, 11) is 1.52. The van der Waals surface area contributed by atoms with E-state index in [9.17, 15) is 10.1 Å². The highest BCUT2D eigenvalue weighted by atomic mass is 35.5. The summed E-state index contributed by atoms with van der Waals surface area (Å²) in [5, 5.41) is 12.7. The monoisotopic (exact) mass is 390 g/mol. The van der Waals surface area contributed by atoms with Gasteiger partial charge in [-0.3, -0.25) is 4.79 Å². The molecule has 26 heavy (non-hydrogen) atoms. The number of hydrogen-bond acceptors (Lipinski definition) is 4. The van der Waals surface area contributed by atoms with E-state index in [1.54, 1.807) is 30.3 Å². The lowest BCUT2D eigenvalue weighted by molar-refractivity contribution is -0.112. The number of nitrogens with zero attached hydrogens (tertiary/aromatic N) is 1. The zero-order chi connectivity index (χ0) is 19.1. The van der Waals surface area contributed by atoms with E-state index in [-0.39, 0.29) is 5.57 Å². The Kier molecular flexibility index (Phi) is 6.90. The van der Waals surface area contributed by atoms with E-state index in [0.29, 0.717) is 39.4 Å². The molecule has 0 unspecified atom stereocenters. The molecule has 0 fully saturated rings. The predicted octanol–water partition coefficient (Wildman–Crippen LogP) is 4.95. The Bertz CT molecular complexity index is 889. The lowest BCUT2D eigenvalue weighted by Crippen LogP contribution is -2.13. The van der Waals surface area contributed by atoms with Crippen molar-refractivity contribution in [3.05, 3.63) is 57.6 Å². The highest BCUT2D eigenvalue weighted by Crippen LogP contribution is 2.29. The molecule has 2 aromatic rings. The average Bonchev–Trinajstić information content (AvgIpc) is 2.63. The zero-order valence-corrected chi connectivity index (χ0v) is 15.7. The molecule has 0 aromatic heterocycles. The summed E-state index contributed by atoms with van der Waals surface area (Å²) in [6, 6.07) is 11.7. The van der Waals surface area contributed by atoms with Crippen molar-refractivity contribution in [3.63, 3.8) is 0 Å². The maximum Gasteiger partial charge on any atom is 0.266 e. The molecule has 5 nitrogen and oxygen atoms in total. The zero-order valence-electron chi connectivity index (χ0n) is 14.2. The first kappa shape index (κ1) is 19.6. The molecule has 1 amide bonds. The van der Waals surface area contributed by atoms with E-state index in [1.165, 1.54) is 19.3 Å². The standard InChI is InChI=1S/C19H16Cl2N2O3/c1-3-26-17-7-4-12(9-18(17)25-2)8-13(11-22)19(24)23-16-10-14(20)5-6-15(16)21/h4-10H,3H2,1-2H3,(H,23,24)/b13-8-. The molecular weight excluding hydrogens is 375 g/mol. The fourth-order valence-electron chi connectivity index (χ4n) is 2.15. The number of ether oxygens (including phenoxy) is 2. The van der Waals surface area contributed by atoms with E-state index < -0.39 is 5.91 Å². The SMILES string of the molecule is CCOc1ccc(/C=C(/C#N)C(=O)Nc2cc(Cl)ccc2Cl)cc1OC. The Morgan fingerprint density at radius 1 is 1.23 bits per heavy atom. The minimum Gasteiger partial charge on any atom is -0.493 e. The quantitative estimate of drug-likeness (QED) is 0.559. The van der Waals surface area contributed by atoms with Crippen LogP contribution in [0.2, 0.25) is 10.0 Å². The van der Waals surface area contributed by atoms with Gasteiger partial charge >= 0.3 is 0 Å². The van der Waals surface area contributed by atoms with Gasteiger partial charge in [-0.2, -0.15) is 5.26 Å². The van der Waals surface area contributed by atoms with Crippen molar-refractivity contribution in [2.75, 3.05) is 19.0 Å². The van der Waals surface area contributed by atoms with E-state index in [0.717, 1.165) is 0 Å². The van der Waals surface area contributed by atoms with Gasteiger partial charge in [-0.25, -0.2) is 0 Å². The molecule has 0 spiro atoms. The Balaban J connectivity index is 2.28. The first-order valence-electron chi connectivity index (χ1n) is 7.67. The normalized spacial score (nSPS) is 10.8. The van der Waals surface area contributed by atoms with Crippen molar-refractivity contribution < 1.29 is 14.3 Å². The number of amides is 1. The predicted molar refractivity (Wildman–Crippen MR) is 103 cm³/mol. The van der Waals surface area contributed by atoms with E-state index in [4.69, 9.17) is 32.7 Å². The van der Waals surface area contributed by atoms with Crippen molar-refractivity contribution in [1.29, 1.82) is 5.26 Å². The van der Waals surface area contributed by atoms with Gasteiger partial charge in [-0.1, -0.05) is 29.3 Å². The van der Waals surface area contributed by atoms with Crippen molar-refractivity contribution in [3.8, 4) is 17.6 Å². The van der Waals surface area contributed by atoms with Gasteiger partial charge in [0.05, 0.1) is 24.4 Å². The van der Waals surface area contributed by atoms with Crippen molar-refractivity contribution in [1.82, 2.24) is 0 Å². The van der Waals surface area contributed by atoms with E-state index in [2.05, 4.69) is 5.32 Å². The van der Waals surface area contributed by atoms with Gasteiger partial charge in [0.15, 0.2) is 11.5 Å². The average molecular weight is 391 g/mol. The van der Waals surface area contributed by atoms with Crippen LogP contribution in [0.25, 0.3) is 6.08 Å². The summed E-state index contributed by atoms with van der Waals surface area (Å²) < 4.78 is 10.7. The molecule has 0 saturated heterocycles. The molecule has 0 saturated carbocycles. The second-order valence-corrected chi connectivity index (χ2v) is 5.94. The highest BCUT2D eigenvalue weighted by molar-refractivity contribution is 6.36. The number of nitriles is 1. The second kappa shape index (κ2) is 9.14. The van der Waals surface area contributed by atoms with E-state index >= 15 is 0 Å². The molecule has 1 N–H and O–H groups in total. The molecule has 0 heterocycles. The van der Waals surface area contributed by atoms with Crippen LogP contribution in [0, 0.1) is 11.3 Å².